The molecule has 0 spiro atoms. The van der Waals surface area contributed by atoms with Crippen LogP contribution in [0.2, 0.25) is 0 Å². The van der Waals surface area contributed by atoms with Crippen LogP contribution in [-0.4, -0.2) is 17.1 Å². The summed E-state index contributed by atoms with van der Waals surface area (Å²) < 4.78 is 0.971. The molecule has 3 rings (SSSR count). The van der Waals surface area contributed by atoms with Gasteiger partial charge >= 0.3 is 0 Å². The van der Waals surface area contributed by atoms with Crippen molar-refractivity contribution in [2.75, 3.05) is 5.32 Å². The zero-order valence-electron chi connectivity index (χ0n) is 18.0. The molecule has 0 aliphatic carbocycles. The van der Waals surface area contributed by atoms with Gasteiger partial charge in [-0.3, -0.25) is 4.79 Å². The Morgan fingerprint density at radius 1 is 0.935 bits per heavy atom. The van der Waals surface area contributed by atoms with E-state index >= 15 is 0 Å². The van der Waals surface area contributed by atoms with Gasteiger partial charge in [0.05, 0.1) is 6.10 Å². The molecule has 0 aliphatic heterocycles. The quantitative estimate of drug-likeness (QED) is 0.417. The predicted octanol–water partition coefficient (Wildman–Crippen LogP) is 6.64. The third-order valence-electron chi connectivity index (χ3n) is 5.08. The molecule has 3 aromatic rings. The van der Waals surface area contributed by atoms with E-state index in [1.165, 1.54) is 0 Å². The van der Waals surface area contributed by atoms with Crippen LogP contribution in [0.4, 0.5) is 5.69 Å². The average Bonchev–Trinajstić information content (AvgIpc) is 2.75. The van der Waals surface area contributed by atoms with Crippen molar-refractivity contribution in [3.05, 3.63) is 106 Å². The van der Waals surface area contributed by atoms with Crippen LogP contribution in [0, 0.1) is 5.41 Å². The first-order valence-corrected chi connectivity index (χ1v) is 11.1. The number of hydrogen-bond donors (Lipinski definition) is 2. The molecule has 1 amide bonds. The molecule has 2 atom stereocenters. The molecule has 3 nitrogen and oxygen atoms in total. The highest BCUT2D eigenvalue weighted by atomic mass is 79.9. The summed E-state index contributed by atoms with van der Waals surface area (Å²) in [6, 6.07) is 25.5. The second-order valence-corrected chi connectivity index (χ2v) is 9.50. The molecule has 0 saturated carbocycles. The molecular formula is C27H28BrNO2. The highest BCUT2D eigenvalue weighted by molar-refractivity contribution is 9.10. The molecule has 2 N–H and O–H groups in total. The maximum atomic E-state index is 12.7. The Hall–Kier alpha value is -2.69. The fourth-order valence-corrected chi connectivity index (χ4v) is 3.57. The van der Waals surface area contributed by atoms with Gasteiger partial charge in [-0.25, -0.2) is 0 Å². The van der Waals surface area contributed by atoms with E-state index in [1.807, 2.05) is 112 Å². The SMILES string of the molecule is CC(C)(C)C(=O)Nc1ccccc1[C@@H](c1ccc(Br)cc1)[C@H](O)/C=C/c1ccccc1. The summed E-state index contributed by atoms with van der Waals surface area (Å²) in [4.78, 5) is 12.7. The van der Waals surface area contributed by atoms with Gasteiger partial charge in [-0.15, -0.1) is 0 Å². The number of para-hydroxylation sites is 1. The Labute approximate surface area is 193 Å². The minimum Gasteiger partial charge on any atom is -0.388 e. The minimum atomic E-state index is -0.783. The number of aliphatic hydroxyl groups excluding tert-OH is 1. The van der Waals surface area contributed by atoms with Gasteiger partial charge < -0.3 is 10.4 Å². The summed E-state index contributed by atoms with van der Waals surface area (Å²) in [6.45, 7) is 5.65. The molecule has 0 radical (unpaired) electrons. The third-order valence-corrected chi connectivity index (χ3v) is 5.61. The monoisotopic (exact) mass is 477 g/mol. The van der Waals surface area contributed by atoms with E-state index in [0.29, 0.717) is 5.69 Å². The fraction of sp³-hybridized carbons (Fsp3) is 0.222. The summed E-state index contributed by atoms with van der Waals surface area (Å²) in [5.74, 6) is -0.409. The first kappa shape index (κ1) is 23.0. The number of aliphatic hydroxyl groups is 1. The van der Waals surface area contributed by atoms with Crippen LogP contribution < -0.4 is 5.32 Å². The summed E-state index contributed by atoms with van der Waals surface area (Å²) in [5, 5.41) is 14.3. The highest BCUT2D eigenvalue weighted by Gasteiger charge is 2.27. The van der Waals surface area contributed by atoms with E-state index in [1.54, 1.807) is 0 Å². The van der Waals surface area contributed by atoms with Gasteiger partial charge in [0, 0.05) is 21.5 Å². The summed E-state index contributed by atoms with van der Waals surface area (Å²) in [5.41, 5.74) is 3.04. The first-order valence-electron chi connectivity index (χ1n) is 10.3. The standard InChI is InChI=1S/C27H28BrNO2/c1-27(2,3)26(31)29-23-12-8-7-11-22(23)25(20-14-16-21(28)17-15-20)24(30)18-13-19-9-5-4-6-10-19/h4-18,24-25,30H,1-3H3,(H,29,31)/b18-13+/t24-,25-/m1/s1. The van der Waals surface area contributed by atoms with Gasteiger partial charge in [0.1, 0.15) is 0 Å². The number of hydrogen-bond acceptors (Lipinski definition) is 2. The first-order chi connectivity index (χ1) is 14.8. The maximum absolute atomic E-state index is 12.7. The zero-order chi connectivity index (χ0) is 22.4. The van der Waals surface area contributed by atoms with Crippen molar-refractivity contribution in [3.63, 3.8) is 0 Å². The smallest absolute Gasteiger partial charge is 0.229 e. The second kappa shape index (κ2) is 10.1. The topological polar surface area (TPSA) is 49.3 Å². The Morgan fingerprint density at radius 3 is 2.19 bits per heavy atom. The number of benzene rings is 3. The van der Waals surface area contributed by atoms with Gasteiger partial charge in [0.25, 0.3) is 0 Å². The molecule has 4 heteroatoms. The fourth-order valence-electron chi connectivity index (χ4n) is 3.31. The molecule has 0 unspecified atom stereocenters. The lowest BCUT2D eigenvalue weighted by molar-refractivity contribution is -0.123. The number of amides is 1. The zero-order valence-corrected chi connectivity index (χ0v) is 19.6. The van der Waals surface area contributed by atoms with Crippen molar-refractivity contribution in [1.82, 2.24) is 0 Å². The number of rotatable bonds is 6. The molecule has 0 aromatic heterocycles. The highest BCUT2D eigenvalue weighted by Crippen LogP contribution is 2.35. The summed E-state index contributed by atoms with van der Waals surface area (Å²) in [6.07, 6.45) is 2.95. The van der Waals surface area contributed by atoms with Crippen LogP contribution >= 0.6 is 15.9 Å². The van der Waals surface area contributed by atoms with Crippen molar-refractivity contribution < 1.29 is 9.90 Å². The van der Waals surface area contributed by atoms with Crippen molar-refractivity contribution in [3.8, 4) is 0 Å². The average molecular weight is 478 g/mol. The van der Waals surface area contributed by atoms with Crippen LogP contribution in [0.5, 0.6) is 0 Å². The molecule has 3 aromatic carbocycles. The number of anilines is 1. The van der Waals surface area contributed by atoms with E-state index in [-0.39, 0.29) is 11.8 Å². The number of carbonyl (C=O) groups is 1. The third kappa shape index (κ3) is 6.16. The molecule has 0 saturated heterocycles. The van der Waals surface area contributed by atoms with Crippen LogP contribution in [0.25, 0.3) is 6.08 Å². The molecule has 0 fully saturated rings. The van der Waals surface area contributed by atoms with Crippen molar-refractivity contribution in [2.24, 2.45) is 5.41 Å². The van der Waals surface area contributed by atoms with Crippen LogP contribution in [0.1, 0.15) is 43.4 Å². The van der Waals surface area contributed by atoms with Gasteiger partial charge in [-0.2, -0.15) is 0 Å². The lowest BCUT2D eigenvalue weighted by Crippen LogP contribution is -2.29. The number of halogens is 1. The van der Waals surface area contributed by atoms with Gasteiger partial charge in [-0.05, 0) is 34.9 Å². The molecular weight excluding hydrogens is 450 g/mol. The van der Waals surface area contributed by atoms with Crippen molar-refractivity contribution in [1.29, 1.82) is 0 Å². The van der Waals surface area contributed by atoms with Crippen molar-refractivity contribution >= 4 is 33.6 Å². The van der Waals surface area contributed by atoms with Crippen LogP contribution in [0.3, 0.4) is 0 Å². The van der Waals surface area contributed by atoms with Crippen LogP contribution in [0.15, 0.2) is 89.4 Å². The Bertz CT molecular complexity index is 1040. The largest absolute Gasteiger partial charge is 0.388 e. The maximum Gasteiger partial charge on any atom is 0.229 e. The Morgan fingerprint density at radius 2 is 1.55 bits per heavy atom. The summed E-state index contributed by atoms with van der Waals surface area (Å²) in [7, 11) is 0. The molecule has 0 heterocycles. The lowest BCUT2D eigenvalue weighted by Gasteiger charge is -2.26. The molecule has 0 bridgehead atoms. The number of nitrogens with one attached hydrogen (secondary N) is 1. The Balaban J connectivity index is 2.02. The van der Waals surface area contributed by atoms with Crippen LogP contribution in [-0.2, 0) is 4.79 Å². The predicted molar refractivity (Wildman–Crippen MR) is 132 cm³/mol. The van der Waals surface area contributed by atoms with E-state index in [2.05, 4.69) is 21.2 Å². The van der Waals surface area contributed by atoms with Crippen molar-refractivity contribution in [2.45, 2.75) is 32.8 Å². The van der Waals surface area contributed by atoms with Gasteiger partial charge in [-0.1, -0.05) is 110 Å². The van der Waals surface area contributed by atoms with E-state index < -0.39 is 11.5 Å². The second-order valence-electron chi connectivity index (χ2n) is 8.58. The van der Waals surface area contributed by atoms with Gasteiger partial charge in [0.15, 0.2) is 0 Å². The molecule has 0 aliphatic rings. The van der Waals surface area contributed by atoms with Gasteiger partial charge in [0.2, 0.25) is 5.91 Å². The summed E-state index contributed by atoms with van der Waals surface area (Å²) >= 11 is 3.48. The molecule has 160 valence electrons. The van der Waals surface area contributed by atoms with E-state index in [4.69, 9.17) is 0 Å². The number of carbonyl (C=O) groups excluding carboxylic acids is 1. The van der Waals surface area contributed by atoms with E-state index in [9.17, 15) is 9.90 Å². The Kier molecular flexibility index (Phi) is 7.47. The lowest BCUT2D eigenvalue weighted by atomic mass is 9.85. The molecule has 31 heavy (non-hydrogen) atoms. The normalized spacial score (nSPS) is 13.7. The van der Waals surface area contributed by atoms with E-state index in [0.717, 1.165) is 21.2 Å². The minimum absolute atomic E-state index is 0.0659.